The van der Waals surface area contributed by atoms with Crippen molar-refractivity contribution in [3.8, 4) is 5.75 Å². The van der Waals surface area contributed by atoms with Gasteiger partial charge in [-0.25, -0.2) is 9.59 Å². The molecule has 0 radical (unpaired) electrons. The largest absolute Gasteiger partial charge is 0.507 e. The van der Waals surface area contributed by atoms with Gasteiger partial charge in [-0.05, 0) is 39.0 Å². The zero-order chi connectivity index (χ0) is 21.1. The minimum Gasteiger partial charge on any atom is -0.507 e. The smallest absolute Gasteiger partial charge is 0.412 e. The molecule has 0 spiro atoms. The van der Waals surface area contributed by atoms with Gasteiger partial charge in [0, 0.05) is 25.0 Å². The summed E-state index contributed by atoms with van der Waals surface area (Å²) >= 11 is 0. The van der Waals surface area contributed by atoms with Gasteiger partial charge in [-0.2, -0.15) is 0 Å². The first kappa shape index (κ1) is 20.8. The minimum absolute atomic E-state index is 0.00166. The number of benzene rings is 1. The van der Waals surface area contributed by atoms with Crippen LogP contribution in [0, 0.1) is 0 Å². The highest BCUT2D eigenvalue weighted by Crippen LogP contribution is 2.24. The lowest BCUT2D eigenvalue weighted by atomic mass is 10.1. The van der Waals surface area contributed by atoms with Gasteiger partial charge in [0.1, 0.15) is 17.0 Å². The summed E-state index contributed by atoms with van der Waals surface area (Å²) in [6, 6.07) is 5.52. The predicted molar refractivity (Wildman–Crippen MR) is 103 cm³/mol. The molecule has 9 nitrogen and oxygen atoms in total. The first-order valence-electron chi connectivity index (χ1n) is 8.39. The molecule has 0 unspecified atom stereocenters. The van der Waals surface area contributed by atoms with Crippen LogP contribution in [0.3, 0.4) is 0 Å². The van der Waals surface area contributed by atoms with Gasteiger partial charge >= 0.3 is 12.1 Å². The Bertz CT molecular complexity index is 911. The molecule has 0 saturated heterocycles. The average molecular weight is 389 g/mol. The summed E-state index contributed by atoms with van der Waals surface area (Å²) in [6.07, 6.45) is 0.864. The SMILES string of the molecule is COC(=O)c1cc(NC(=O)c2ccc(NC(=O)OC(C)(C)C)cc2O)cn1C. The molecule has 28 heavy (non-hydrogen) atoms. The fourth-order valence-electron chi connectivity index (χ4n) is 2.36. The average Bonchev–Trinajstić information content (AvgIpc) is 2.92. The van der Waals surface area contributed by atoms with Crippen molar-refractivity contribution in [2.24, 2.45) is 7.05 Å². The third-order valence-electron chi connectivity index (χ3n) is 3.54. The minimum atomic E-state index is -0.677. The van der Waals surface area contributed by atoms with Crippen molar-refractivity contribution in [1.82, 2.24) is 4.57 Å². The van der Waals surface area contributed by atoms with Crippen LogP contribution in [-0.2, 0) is 16.5 Å². The summed E-state index contributed by atoms with van der Waals surface area (Å²) in [5, 5.41) is 15.2. The molecule has 2 aromatic rings. The highest BCUT2D eigenvalue weighted by Gasteiger charge is 2.18. The van der Waals surface area contributed by atoms with E-state index >= 15 is 0 Å². The molecule has 2 amide bonds. The van der Waals surface area contributed by atoms with E-state index in [1.54, 1.807) is 34.0 Å². The topological polar surface area (TPSA) is 119 Å². The molecular formula is C19H23N3O6. The normalized spacial score (nSPS) is 10.9. The van der Waals surface area contributed by atoms with Gasteiger partial charge in [-0.15, -0.1) is 0 Å². The fraction of sp³-hybridized carbons (Fsp3) is 0.316. The molecule has 1 heterocycles. The summed E-state index contributed by atoms with van der Waals surface area (Å²) in [6.45, 7) is 5.19. The number of aromatic nitrogens is 1. The highest BCUT2D eigenvalue weighted by atomic mass is 16.6. The van der Waals surface area contributed by atoms with Crippen LogP contribution in [0.4, 0.5) is 16.2 Å². The number of phenols is 1. The summed E-state index contributed by atoms with van der Waals surface area (Å²) in [4.78, 5) is 35.8. The lowest BCUT2D eigenvalue weighted by molar-refractivity contribution is 0.0587. The van der Waals surface area contributed by atoms with Crippen LogP contribution in [0.5, 0.6) is 5.75 Å². The van der Waals surface area contributed by atoms with Gasteiger partial charge < -0.3 is 24.5 Å². The van der Waals surface area contributed by atoms with E-state index in [9.17, 15) is 19.5 Å². The molecule has 9 heteroatoms. The summed E-state index contributed by atoms with van der Waals surface area (Å²) in [7, 11) is 2.90. The summed E-state index contributed by atoms with van der Waals surface area (Å²) < 4.78 is 11.3. The van der Waals surface area contributed by atoms with Crippen LogP contribution in [0.25, 0.3) is 0 Å². The van der Waals surface area contributed by atoms with Gasteiger partial charge in [-0.1, -0.05) is 0 Å². The number of carbonyl (C=O) groups is 3. The molecule has 0 aliphatic heterocycles. The van der Waals surface area contributed by atoms with Crippen molar-refractivity contribution in [1.29, 1.82) is 0 Å². The second-order valence-corrected chi connectivity index (χ2v) is 7.03. The number of carbonyl (C=O) groups excluding carboxylic acids is 3. The number of phenolic OH excluding ortho intramolecular Hbond substituents is 1. The number of hydrogen-bond acceptors (Lipinski definition) is 6. The van der Waals surface area contributed by atoms with E-state index in [1.165, 1.54) is 35.9 Å². The summed E-state index contributed by atoms with van der Waals surface area (Å²) in [5.41, 5.74) is 0.237. The van der Waals surface area contributed by atoms with Crippen molar-refractivity contribution in [3.05, 3.63) is 41.7 Å². The number of rotatable bonds is 4. The molecule has 0 aliphatic carbocycles. The zero-order valence-electron chi connectivity index (χ0n) is 16.3. The molecule has 0 atom stereocenters. The van der Waals surface area contributed by atoms with Crippen molar-refractivity contribution in [2.45, 2.75) is 26.4 Å². The number of hydrogen-bond donors (Lipinski definition) is 3. The number of aromatic hydroxyl groups is 1. The van der Waals surface area contributed by atoms with E-state index in [4.69, 9.17) is 4.74 Å². The van der Waals surface area contributed by atoms with Gasteiger partial charge in [0.15, 0.2) is 0 Å². The van der Waals surface area contributed by atoms with E-state index in [1.807, 2.05) is 0 Å². The Hall–Kier alpha value is -3.49. The molecule has 0 aliphatic rings. The van der Waals surface area contributed by atoms with Gasteiger partial charge in [-0.3, -0.25) is 10.1 Å². The Kier molecular flexibility index (Phi) is 5.97. The number of ether oxygens (including phenoxy) is 2. The van der Waals surface area contributed by atoms with E-state index in [2.05, 4.69) is 15.4 Å². The van der Waals surface area contributed by atoms with Crippen LogP contribution in [0.1, 0.15) is 41.6 Å². The lowest BCUT2D eigenvalue weighted by Crippen LogP contribution is -2.27. The third kappa shape index (κ3) is 5.26. The Morgan fingerprint density at radius 2 is 1.75 bits per heavy atom. The maximum Gasteiger partial charge on any atom is 0.412 e. The highest BCUT2D eigenvalue weighted by molar-refractivity contribution is 6.07. The number of methoxy groups -OCH3 is 1. The van der Waals surface area contributed by atoms with Crippen molar-refractivity contribution >= 4 is 29.3 Å². The molecule has 0 bridgehead atoms. The first-order chi connectivity index (χ1) is 13.0. The molecule has 150 valence electrons. The van der Waals surface area contributed by atoms with Gasteiger partial charge in [0.2, 0.25) is 0 Å². The molecule has 1 aromatic heterocycles. The molecular weight excluding hydrogens is 366 g/mol. The fourth-order valence-corrected chi connectivity index (χ4v) is 2.36. The number of aryl methyl sites for hydroxylation is 1. The number of nitrogens with zero attached hydrogens (tertiary/aromatic N) is 1. The number of esters is 1. The van der Waals surface area contributed by atoms with Crippen molar-refractivity contribution in [2.75, 3.05) is 17.7 Å². The van der Waals surface area contributed by atoms with Gasteiger partial charge in [0.05, 0.1) is 18.4 Å². The van der Waals surface area contributed by atoms with E-state index in [0.717, 1.165) is 0 Å². The Labute approximate surface area is 162 Å². The van der Waals surface area contributed by atoms with Gasteiger partial charge in [0.25, 0.3) is 5.91 Å². The Morgan fingerprint density at radius 3 is 2.32 bits per heavy atom. The molecule has 0 saturated carbocycles. The van der Waals surface area contributed by atoms with E-state index in [-0.39, 0.29) is 22.7 Å². The van der Waals surface area contributed by atoms with Crippen molar-refractivity contribution < 1.29 is 29.0 Å². The maximum absolute atomic E-state index is 12.4. The molecule has 2 rings (SSSR count). The molecule has 0 fully saturated rings. The van der Waals surface area contributed by atoms with Crippen LogP contribution in [0.15, 0.2) is 30.5 Å². The van der Waals surface area contributed by atoms with E-state index < -0.39 is 23.6 Å². The quantitative estimate of drug-likeness (QED) is 0.691. The maximum atomic E-state index is 12.4. The molecule has 1 aromatic carbocycles. The van der Waals surface area contributed by atoms with E-state index in [0.29, 0.717) is 5.69 Å². The third-order valence-corrected chi connectivity index (χ3v) is 3.54. The monoisotopic (exact) mass is 389 g/mol. The van der Waals surface area contributed by atoms with Crippen LogP contribution >= 0.6 is 0 Å². The second-order valence-electron chi connectivity index (χ2n) is 7.03. The van der Waals surface area contributed by atoms with Crippen LogP contribution in [-0.4, -0.2) is 40.4 Å². The number of nitrogens with one attached hydrogen (secondary N) is 2. The van der Waals surface area contributed by atoms with Crippen LogP contribution in [0.2, 0.25) is 0 Å². The first-order valence-corrected chi connectivity index (χ1v) is 8.39. The Balaban J connectivity index is 2.10. The number of amides is 2. The number of anilines is 2. The van der Waals surface area contributed by atoms with Crippen LogP contribution < -0.4 is 10.6 Å². The second kappa shape index (κ2) is 8.03. The summed E-state index contributed by atoms with van der Waals surface area (Å²) in [5.74, 6) is -1.44. The molecule has 3 N–H and O–H groups in total. The predicted octanol–water partition coefficient (Wildman–Crippen LogP) is 3.12. The Morgan fingerprint density at radius 1 is 1.07 bits per heavy atom. The standard InChI is InChI=1S/C19H23N3O6/c1-19(2,3)28-18(26)21-11-6-7-13(15(23)9-11)16(24)20-12-8-14(17(25)27-5)22(4)10-12/h6-10,23H,1-5H3,(H,20,24)(H,21,26). The lowest BCUT2D eigenvalue weighted by Gasteiger charge is -2.19. The van der Waals surface area contributed by atoms with Crippen molar-refractivity contribution in [3.63, 3.8) is 0 Å². The zero-order valence-corrected chi connectivity index (χ0v) is 16.3.